The van der Waals surface area contributed by atoms with E-state index in [9.17, 15) is 31.1 Å². The molecule has 0 amide bonds. The van der Waals surface area contributed by atoms with Gasteiger partial charge in [-0.25, -0.2) is 9.78 Å². The van der Waals surface area contributed by atoms with Gasteiger partial charge in [-0.3, -0.25) is 0 Å². The van der Waals surface area contributed by atoms with Gasteiger partial charge in [0.2, 0.25) is 0 Å². The Morgan fingerprint density at radius 2 is 1.67 bits per heavy atom. The van der Waals surface area contributed by atoms with Crippen molar-refractivity contribution in [2.24, 2.45) is 0 Å². The Kier molecular flexibility index (Phi) is 3.48. The fourth-order valence-electron chi connectivity index (χ4n) is 1.07. The molecule has 0 saturated heterocycles. The summed E-state index contributed by atoms with van der Waals surface area (Å²) in [5.74, 6) is -2.12. The molecule has 0 aromatic carbocycles. The van der Waals surface area contributed by atoms with Crippen LogP contribution < -0.4 is 0 Å². The summed E-state index contributed by atoms with van der Waals surface area (Å²) in [4.78, 5) is 12.8. The van der Waals surface area contributed by atoms with E-state index < -0.39 is 40.3 Å². The average molecular weight is 294 g/mol. The summed E-state index contributed by atoms with van der Waals surface area (Å²) in [5, 5.41) is 7.31. The van der Waals surface area contributed by atoms with Gasteiger partial charge in [-0.2, -0.15) is 26.3 Å². The van der Waals surface area contributed by atoms with E-state index in [-0.39, 0.29) is 6.07 Å². The monoisotopic (exact) mass is 293 g/mol. The van der Waals surface area contributed by atoms with Gasteiger partial charge >= 0.3 is 18.3 Å². The lowest BCUT2D eigenvalue weighted by molar-refractivity contribution is -0.150. The molecule has 18 heavy (non-hydrogen) atoms. The molecule has 1 aromatic rings. The molecule has 0 radical (unpaired) electrons. The van der Waals surface area contributed by atoms with Crippen molar-refractivity contribution in [3.8, 4) is 0 Å². The van der Waals surface area contributed by atoms with E-state index in [0.29, 0.717) is 0 Å². The van der Waals surface area contributed by atoms with Crippen LogP contribution in [-0.2, 0) is 12.4 Å². The van der Waals surface area contributed by atoms with Crippen molar-refractivity contribution in [3.05, 3.63) is 28.0 Å². The molecule has 1 heterocycles. The minimum atomic E-state index is -5.36. The minimum absolute atomic E-state index is 0.0280. The van der Waals surface area contributed by atoms with E-state index in [1.54, 1.807) is 0 Å². The summed E-state index contributed by atoms with van der Waals surface area (Å²) in [6.07, 6.45) is -10.5. The highest BCUT2D eigenvalue weighted by Crippen LogP contribution is 2.37. The van der Waals surface area contributed by atoms with Crippen molar-refractivity contribution in [2.45, 2.75) is 12.4 Å². The van der Waals surface area contributed by atoms with Gasteiger partial charge in [0.05, 0.1) is 5.02 Å². The molecule has 1 aromatic heterocycles. The third-order valence-corrected chi connectivity index (χ3v) is 2.04. The zero-order valence-electron chi connectivity index (χ0n) is 8.03. The number of carbonyl (C=O) groups is 1. The molecule has 0 atom stereocenters. The van der Waals surface area contributed by atoms with Crippen LogP contribution in [0.5, 0.6) is 0 Å². The molecule has 1 rings (SSSR count). The standard InChI is InChI=1S/C8H2ClF6NO2/c9-2-1-3(7(10,11)12)16-5(8(13,14)15)4(2)6(17)18/h1H,(H,17,18). The Morgan fingerprint density at radius 3 is 2.00 bits per heavy atom. The maximum atomic E-state index is 12.4. The first-order valence-corrected chi connectivity index (χ1v) is 4.40. The number of rotatable bonds is 1. The number of hydrogen-bond acceptors (Lipinski definition) is 2. The molecule has 0 aliphatic heterocycles. The Balaban J connectivity index is 3.64. The molecule has 3 nitrogen and oxygen atoms in total. The number of pyridine rings is 1. The second-order valence-electron chi connectivity index (χ2n) is 3.01. The number of carboxylic acids is 1. The Bertz CT molecular complexity index is 496. The molecule has 0 aliphatic rings. The number of aromatic nitrogens is 1. The fraction of sp³-hybridized carbons (Fsp3) is 0.250. The molecule has 0 unspecified atom stereocenters. The van der Waals surface area contributed by atoms with Gasteiger partial charge in [0, 0.05) is 0 Å². The Morgan fingerprint density at radius 1 is 1.17 bits per heavy atom. The molecule has 0 spiro atoms. The quantitative estimate of drug-likeness (QED) is 0.807. The summed E-state index contributed by atoms with van der Waals surface area (Å²) >= 11 is 5.12. The molecule has 10 heteroatoms. The smallest absolute Gasteiger partial charge is 0.434 e. The van der Waals surface area contributed by atoms with Crippen molar-refractivity contribution in [1.82, 2.24) is 4.98 Å². The van der Waals surface area contributed by atoms with Crippen LogP contribution in [0.2, 0.25) is 5.02 Å². The summed E-state index contributed by atoms with van der Waals surface area (Å²) in [6.45, 7) is 0. The van der Waals surface area contributed by atoms with Gasteiger partial charge < -0.3 is 5.11 Å². The first-order chi connectivity index (χ1) is 7.94. The Labute approximate surface area is 100.0 Å². The van der Waals surface area contributed by atoms with Gasteiger partial charge in [-0.05, 0) is 6.07 Å². The number of nitrogens with zero attached hydrogens (tertiary/aromatic N) is 1. The first-order valence-electron chi connectivity index (χ1n) is 4.03. The minimum Gasteiger partial charge on any atom is -0.478 e. The lowest BCUT2D eigenvalue weighted by Gasteiger charge is -2.14. The normalized spacial score (nSPS) is 12.6. The van der Waals surface area contributed by atoms with Crippen LogP contribution in [0.4, 0.5) is 26.3 Å². The zero-order chi connectivity index (χ0) is 14.3. The lowest BCUT2D eigenvalue weighted by atomic mass is 10.1. The number of aromatic carboxylic acids is 1. The van der Waals surface area contributed by atoms with E-state index in [1.165, 1.54) is 0 Å². The number of carboxylic acid groups (broad SMARTS) is 1. The van der Waals surface area contributed by atoms with Crippen molar-refractivity contribution in [2.75, 3.05) is 0 Å². The Hall–Kier alpha value is -1.51. The maximum Gasteiger partial charge on any atom is 0.434 e. The van der Waals surface area contributed by atoms with Crippen LogP contribution in [0.15, 0.2) is 6.07 Å². The molecule has 0 aliphatic carbocycles. The molecular formula is C8H2ClF6NO2. The predicted octanol–water partition coefficient (Wildman–Crippen LogP) is 3.47. The SMILES string of the molecule is O=C(O)c1c(Cl)cc(C(F)(F)F)nc1C(F)(F)F. The van der Waals surface area contributed by atoms with Gasteiger partial charge in [0.25, 0.3) is 0 Å². The number of halogens is 7. The zero-order valence-corrected chi connectivity index (χ0v) is 8.78. The van der Waals surface area contributed by atoms with Crippen molar-refractivity contribution >= 4 is 17.6 Å². The maximum absolute atomic E-state index is 12.4. The average Bonchev–Trinajstić information content (AvgIpc) is 2.12. The third-order valence-electron chi connectivity index (χ3n) is 1.74. The number of hydrogen-bond donors (Lipinski definition) is 1. The summed E-state index contributed by atoms with van der Waals surface area (Å²) in [7, 11) is 0. The van der Waals surface area contributed by atoms with Crippen LogP contribution in [0.3, 0.4) is 0 Å². The lowest BCUT2D eigenvalue weighted by Crippen LogP contribution is -2.20. The van der Waals surface area contributed by atoms with Crippen molar-refractivity contribution in [1.29, 1.82) is 0 Å². The summed E-state index contributed by atoms with van der Waals surface area (Å²) in [5.41, 5.74) is -5.61. The molecule has 1 N–H and O–H groups in total. The molecule has 100 valence electrons. The van der Waals surface area contributed by atoms with Crippen LogP contribution >= 0.6 is 11.6 Å². The highest BCUT2D eigenvalue weighted by atomic mass is 35.5. The number of alkyl halides is 6. The molecule has 0 bridgehead atoms. The van der Waals surface area contributed by atoms with E-state index in [4.69, 9.17) is 16.7 Å². The van der Waals surface area contributed by atoms with Gasteiger partial charge in [-0.1, -0.05) is 11.6 Å². The van der Waals surface area contributed by atoms with Crippen LogP contribution in [0.1, 0.15) is 21.7 Å². The van der Waals surface area contributed by atoms with Crippen molar-refractivity contribution in [3.63, 3.8) is 0 Å². The molecule has 0 saturated carbocycles. The summed E-state index contributed by atoms with van der Waals surface area (Å²) < 4.78 is 73.9. The third kappa shape index (κ3) is 2.84. The van der Waals surface area contributed by atoms with E-state index in [0.717, 1.165) is 0 Å². The second-order valence-corrected chi connectivity index (χ2v) is 3.42. The van der Waals surface area contributed by atoms with Crippen LogP contribution in [0.25, 0.3) is 0 Å². The van der Waals surface area contributed by atoms with Crippen LogP contribution in [0, 0.1) is 0 Å². The van der Waals surface area contributed by atoms with Crippen molar-refractivity contribution < 1.29 is 36.2 Å². The second kappa shape index (κ2) is 4.30. The largest absolute Gasteiger partial charge is 0.478 e. The molecule has 0 fully saturated rings. The van der Waals surface area contributed by atoms with Gasteiger partial charge in [-0.15, -0.1) is 0 Å². The fourth-order valence-corrected chi connectivity index (χ4v) is 1.34. The van der Waals surface area contributed by atoms with E-state index in [2.05, 4.69) is 4.98 Å². The highest BCUT2D eigenvalue weighted by molar-refractivity contribution is 6.33. The van der Waals surface area contributed by atoms with Crippen LogP contribution in [-0.4, -0.2) is 16.1 Å². The van der Waals surface area contributed by atoms with Gasteiger partial charge in [0.1, 0.15) is 11.3 Å². The van der Waals surface area contributed by atoms with Gasteiger partial charge in [0.15, 0.2) is 5.69 Å². The first kappa shape index (κ1) is 14.6. The molecular weight excluding hydrogens is 292 g/mol. The van der Waals surface area contributed by atoms with E-state index >= 15 is 0 Å². The van der Waals surface area contributed by atoms with E-state index in [1.807, 2.05) is 0 Å². The topological polar surface area (TPSA) is 50.2 Å². The summed E-state index contributed by atoms with van der Waals surface area (Å²) in [6, 6.07) is 0.0280. The highest BCUT2D eigenvalue weighted by Gasteiger charge is 2.42. The predicted molar refractivity (Wildman–Crippen MR) is 46.2 cm³/mol.